The van der Waals surface area contributed by atoms with Crippen LogP contribution in [0.1, 0.15) is 51.5 Å². The maximum Gasteiger partial charge on any atom is 0.216 e. The number of benzene rings is 1. The first kappa shape index (κ1) is 17.0. The van der Waals surface area contributed by atoms with Gasteiger partial charge in [0, 0.05) is 11.7 Å². The van der Waals surface area contributed by atoms with Crippen LogP contribution >= 0.6 is 0 Å². The van der Waals surface area contributed by atoms with Gasteiger partial charge in [0.25, 0.3) is 0 Å². The molecule has 0 aromatic heterocycles. The molecule has 1 aromatic carbocycles. The van der Waals surface area contributed by atoms with Crippen LogP contribution in [0.15, 0.2) is 24.3 Å². The molecule has 0 saturated heterocycles. The fourth-order valence-corrected chi connectivity index (χ4v) is 3.62. The van der Waals surface area contributed by atoms with Crippen LogP contribution in [0.25, 0.3) is 0 Å². The summed E-state index contributed by atoms with van der Waals surface area (Å²) in [6, 6.07) is 6.99. The van der Waals surface area contributed by atoms with Crippen molar-refractivity contribution in [2.24, 2.45) is 0 Å². The lowest BCUT2D eigenvalue weighted by Gasteiger charge is -2.14. The van der Waals surface area contributed by atoms with Gasteiger partial charge in [-0.15, -0.1) is 0 Å². The Balaban J connectivity index is 2.44. The van der Waals surface area contributed by atoms with Gasteiger partial charge in [-0.1, -0.05) is 44.7 Å². The lowest BCUT2D eigenvalue weighted by molar-refractivity contribution is 0.521. The van der Waals surface area contributed by atoms with E-state index in [0.29, 0.717) is 5.69 Å². The minimum Gasteiger partial charge on any atom is -0.399 e. The molecule has 0 amide bonds. The van der Waals surface area contributed by atoms with E-state index in [1.165, 1.54) is 12.8 Å². The van der Waals surface area contributed by atoms with Gasteiger partial charge < -0.3 is 5.73 Å². The molecule has 0 spiro atoms. The third-order valence-electron chi connectivity index (χ3n) is 3.18. The second-order valence-corrected chi connectivity index (χ2v) is 7.13. The second-order valence-electron chi connectivity index (χ2n) is 5.37. The Labute approximate surface area is 122 Å². The maximum atomic E-state index is 12.1. The topological polar surface area (TPSA) is 72.2 Å². The van der Waals surface area contributed by atoms with Gasteiger partial charge >= 0.3 is 0 Å². The molecular formula is C15H26N2O2S. The molecule has 20 heavy (non-hydrogen) atoms. The van der Waals surface area contributed by atoms with E-state index in [9.17, 15) is 8.42 Å². The molecule has 0 aliphatic carbocycles. The summed E-state index contributed by atoms with van der Waals surface area (Å²) in [5, 5.41) is 0. The molecule has 4 nitrogen and oxygen atoms in total. The van der Waals surface area contributed by atoms with Crippen molar-refractivity contribution in [3.8, 4) is 0 Å². The number of unbranched alkanes of at least 4 members (excludes halogenated alkanes) is 3. The molecule has 0 radical (unpaired) electrons. The molecular weight excluding hydrogens is 272 g/mol. The van der Waals surface area contributed by atoms with Crippen molar-refractivity contribution < 1.29 is 8.42 Å². The van der Waals surface area contributed by atoms with Crippen molar-refractivity contribution in [1.29, 1.82) is 0 Å². The Morgan fingerprint density at radius 1 is 1.25 bits per heavy atom. The molecule has 0 bridgehead atoms. The molecule has 0 fully saturated rings. The minimum absolute atomic E-state index is 0.0158. The van der Waals surface area contributed by atoms with Crippen LogP contribution in [0.5, 0.6) is 0 Å². The highest BCUT2D eigenvalue weighted by Gasteiger charge is 2.15. The summed E-state index contributed by atoms with van der Waals surface area (Å²) in [4.78, 5) is 0. The summed E-state index contributed by atoms with van der Waals surface area (Å²) in [6.07, 6.45) is 5.52. The zero-order chi connectivity index (χ0) is 15.0. The van der Waals surface area contributed by atoms with Crippen LogP contribution in [-0.2, 0) is 15.8 Å². The predicted molar refractivity (Wildman–Crippen MR) is 84.8 cm³/mol. The molecule has 1 unspecified atom stereocenters. The zero-order valence-electron chi connectivity index (χ0n) is 12.4. The van der Waals surface area contributed by atoms with E-state index in [2.05, 4.69) is 11.6 Å². The number of hydrogen-bond donors (Lipinski definition) is 2. The lowest BCUT2D eigenvalue weighted by Crippen LogP contribution is -2.33. The van der Waals surface area contributed by atoms with E-state index in [-0.39, 0.29) is 11.8 Å². The third kappa shape index (κ3) is 6.91. The van der Waals surface area contributed by atoms with Gasteiger partial charge in [-0.2, -0.15) is 0 Å². The highest BCUT2D eigenvalue weighted by Crippen LogP contribution is 2.11. The van der Waals surface area contributed by atoms with Gasteiger partial charge in [0.05, 0.1) is 5.75 Å². The van der Waals surface area contributed by atoms with Gasteiger partial charge in [0.15, 0.2) is 0 Å². The molecule has 5 heteroatoms. The van der Waals surface area contributed by atoms with Crippen LogP contribution in [0.4, 0.5) is 5.69 Å². The molecule has 1 rings (SSSR count). The number of rotatable bonds is 9. The van der Waals surface area contributed by atoms with Crippen molar-refractivity contribution in [3.63, 3.8) is 0 Å². The van der Waals surface area contributed by atoms with Crippen molar-refractivity contribution in [2.75, 3.05) is 5.73 Å². The number of nitrogen functional groups attached to an aromatic ring is 1. The quantitative estimate of drug-likeness (QED) is 0.543. The van der Waals surface area contributed by atoms with E-state index in [1.807, 2.05) is 6.92 Å². The average molecular weight is 298 g/mol. The number of nitrogens with two attached hydrogens (primary N) is 1. The maximum absolute atomic E-state index is 12.1. The predicted octanol–water partition coefficient (Wildman–Crippen LogP) is 3.05. The Morgan fingerprint density at radius 3 is 2.65 bits per heavy atom. The second kappa shape index (κ2) is 8.27. The molecule has 1 aromatic rings. The summed E-state index contributed by atoms with van der Waals surface area (Å²) >= 11 is 0. The highest BCUT2D eigenvalue weighted by molar-refractivity contribution is 7.88. The Hall–Kier alpha value is -1.07. The normalized spacial score (nSPS) is 13.3. The van der Waals surface area contributed by atoms with Gasteiger partial charge in [0.1, 0.15) is 0 Å². The summed E-state index contributed by atoms with van der Waals surface area (Å²) in [6.45, 7) is 4.08. The smallest absolute Gasteiger partial charge is 0.216 e. The molecule has 3 N–H and O–H groups in total. The van der Waals surface area contributed by atoms with Crippen molar-refractivity contribution in [2.45, 2.75) is 57.7 Å². The Kier molecular flexibility index (Phi) is 7.02. The van der Waals surface area contributed by atoms with Crippen LogP contribution in [0.3, 0.4) is 0 Å². The minimum atomic E-state index is -3.30. The first-order valence-corrected chi connectivity index (χ1v) is 8.92. The number of nitrogens with one attached hydrogen (secondary N) is 1. The summed E-state index contributed by atoms with van der Waals surface area (Å²) in [7, 11) is -3.30. The first-order chi connectivity index (χ1) is 9.43. The van der Waals surface area contributed by atoms with Crippen LogP contribution < -0.4 is 10.5 Å². The Bertz CT molecular complexity index is 500. The van der Waals surface area contributed by atoms with E-state index in [0.717, 1.165) is 24.8 Å². The third-order valence-corrected chi connectivity index (χ3v) is 4.65. The fourth-order valence-electron chi connectivity index (χ4n) is 2.19. The van der Waals surface area contributed by atoms with E-state index < -0.39 is 10.0 Å². The lowest BCUT2D eigenvalue weighted by atomic mass is 10.1. The van der Waals surface area contributed by atoms with Crippen molar-refractivity contribution >= 4 is 15.7 Å². The van der Waals surface area contributed by atoms with Crippen LogP contribution in [0.2, 0.25) is 0 Å². The highest BCUT2D eigenvalue weighted by atomic mass is 32.2. The first-order valence-electron chi connectivity index (χ1n) is 7.27. The molecule has 114 valence electrons. The van der Waals surface area contributed by atoms with Crippen molar-refractivity contribution in [3.05, 3.63) is 29.8 Å². The molecule has 0 aliphatic heterocycles. The number of hydrogen-bond acceptors (Lipinski definition) is 3. The summed E-state index contributed by atoms with van der Waals surface area (Å²) in [5.41, 5.74) is 6.96. The zero-order valence-corrected chi connectivity index (χ0v) is 13.2. The molecule has 0 saturated carbocycles. The molecule has 1 atom stereocenters. The van der Waals surface area contributed by atoms with Gasteiger partial charge in [-0.25, -0.2) is 13.1 Å². The SMILES string of the molecule is CCCCCCC(C)NS(=O)(=O)Cc1cccc(N)c1. The monoisotopic (exact) mass is 298 g/mol. The molecule has 0 heterocycles. The standard InChI is InChI=1S/C15H26N2O2S/c1-3-4-5-6-8-13(2)17-20(18,19)12-14-9-7-10-15(16)11-14/h7,9-11,13,17H,3-6,8,12,16H2,1-2H3. The van der Waals surface area contributed by atoms with Gasteiger partial charge in [-0.05, 0) is 31.0 Å². The number of sulfonamides is 1. The Morgan fingerprint density at radius 2 is 2.00 bits per heavy atom. The fraction of sp³-hybridized carbons (Fsp3) is 0.600. The van der Waals surface area contributed by atoms with E-state index >= 15 is 0 Å². The average Bonchev–Trinajstić information content (AvgIpc) is 2.33. The van der Waals surface area contributed by atoms with Gasteiger partial charge in [0.2, 0.25) is 10.0 Å². The van der Waals surface area contributed by atoms with E-state index in [1.54, 1.807) is 24.3 Å². The van der Waals surface area contributed by atoms with Crippen molar-refractivity contribution in [1.82, 2.24) is 4.72 Å². The van der Waals surface area contributed by atoms with E-state index in [4.69, 9.17) is 5.73 Å². The number of anilines is 1. The largest absolute Gasteiger partial charge is 0.399 e. The summed E-state index contributed by atoms with van der Waals surface area (Å²) in [5.74, 6) is -0.0165. The van der Waals surface area contributed by atoms with Crippen LogP contribution in [-0.4, -0.2) is 14.5 Å². The summed E-state index contributed by atoms with van der Waals surface area (Å²) < 4.78 is 26.8. The molecule has 0 aliphatic rings. The van der Waals surface area contributed by atoms with Gasteiger partial charge in [-0.3, -0.25) is 0 Å². The van der Waals surface area contributed by atoms with Crippen LogP contribution in [0, 0.1) is 0 Å².